The van der Waals surface area contributed by atoms with E-state index in [9.17, 15) is 9.50 Å². The highest BCUT2D eigenvalue weighted by atomic mass is 19.1. The SMILES string of the molecule is CN1CCOC(C(O)c2cc3cccc(F)c3o2)C1. The van der Waals surface area contributed by atoms with Crippen molar-refractivity contribution in [2.24, 2.45) is 0 Å². The lowest BCUT2D eigenvalue weighted by atomic mass is 10.1. The number of aliphatic hydroxyl groups excluding tert-OH is 1. The fourth-order valence-electron chi connectivity index (χ4n) is 2.38. The number of benzene rings is 1. The summed E-state index contributed by atoms with van der Waals surface area (Å²) in [5, 5.41) is 10.9. The van der Waals surface area contributed by atoms with Crippen molar-refractivity contribution in [1.29, 1.82) is 0 Å². The number of hydrogen-bond donors (Lipinski definition) is 1. The van der Waals surface area contributed by atoms with E-state index in [0.29, 0.717) is 24.3 Å². The summed E-state index contributed by atoms with van der Waals surface area (Å²) in [6.07, 6.45) is -1.23. The molecule has 5 heteroatoms. The predicted octanol–water partition coefficient (Wildman–Crippen LogP) is 1.94. The van der Waals surface area contributed by atoms with Gasteiger partial charge in [0.2, 0.25) is 0 Å². The Kier molecular flexibility index (Phi) is 3.26. The maximum absolute atomic E-state index is 13.6. The van der Waals surface area contributed by atoms with Gasteiger partial charge in [0.1, 0.15) is 18.0 Å². The lowest BCUT2D eigenvalue weighted by Gasteiger charge is -2.32. The Morgan fingerprint density at radius 3 is 3.05 bits per heavy atom. The molecule has 3 rings (SSSR count). The molecule has 0 amide bonds. The molecule has 2 aromatic rings. The van der Waals surface area contributed by atoms with Gasteiger partial charge in [0, 0.05) is 18.5 Å². The average Bonchev–Trinajstić information content (AvgIpc) is 2.83. The zero-order valence-corrected chi connectivity index (χ0v) is 10.7. The molecule has 1 aromatic heterocycles. The lowest BCUT2D eigenvalue weighted by Crippen LogP contribution is -2.42. The fraction of sp³-hybridized carbons (Fsp3) is 0.429. The zero-order valence-electron chi connectivity index (χ0n) is 10.7. The maximum atomic E-state index is 13.6. The van der Waals surface area contributed by atoms with E-state index in [4.69, 9.17) is 9.15 Å². The van der Waals surface area contributed by atoms with E-state index >= 15 is 0 Å². The van der Waals surface area contributed by atoms with Gasteiger partial charge in [0.25, 0.3) is 0 Å². The number of para-hydroxylation sites is 1. The molecule has 0 bridgehead atoms. The van der Waals surface area contributed by atoms with Gasteiger partial charge in [-0.1, -0.05) is 12.1 Å². The largest absolute Gasteiger partial charge is 0.455 e. The number of halogens is 1. The molecule has 0 aliphatic carbocycles. The molecule has 102 valence electrons. The van der Waals surface area contributed by atoms with E-state index in [1.54, 1.807) is 18.2 Å². The molecule has 1 aromatic carbocycles. The van der Waals surface area contributed by atoms with Crippen LogP contribution in [0.3, 0.4) is 0 Å². The van der Waals surface area contributed by atoms with Crippen LogP contribution in [0.25, 0.3) is 11.0 Å². The molecule has 1 aliphatic rings. The normalized spacial score (nSPS) is 22.8. The molecule has 1 aliphatic heterocycles. The average molecular weight is 265 g/mol. The highest BCUT2D eigenvalue weighted by Crippen LogP contribution is 2.29. The number of nitrogens with zero attached hydrogens (tertiary/aromatic N) is 1. The Bertz CT molecular complexity index is 583. The van der Waals surface area contributed by atoms with Crippen LogP contribution >= 0.6 is 0 Å². The van der Waals surface area contributed by atoms with Crippen LogP contribution in [0.15, 0.2) is 28.7 Å². The standard InChI is InChI=1S/C14H16FNO3/c1-16-5-6-18-12(8-16)13(17)11-7-9-3-2-4-10(15)14(9)19-11/h2-4,7,12-13,17H,5-6,8H2,1H3. The van der Waals surface area contributed by atoms with Gasteiger partial charge in [-0.05, 0) is 19.2 Å². The Morgan fingerprint density at radius 1 is 1.47 bits per heavy atom. The molecule has 0 radical (unpaired) electrons. The van der Waals surface area contributed by atoms with Gasteiger partial charge in [-0.2, -0.15) is 0 Å². The highest BCUT2D eigenvalue weighted by molar-refractivity contribution is 5.78. The Hall–Kier alpha value is -1.43. The summed E-state index contributed by atoms with van der Waals surface area (Å²) in [6, 6.07) is 6.38. The smallest absolute Gasteiger partial charge is 0.170 e. The van der Waals surface area contributed by atoms with Gasteiger partial charge in [-0.3, -0.25) is 0 Å². The van der Waals surface area contributed by atoms with Crippen LogP contribution in [-0.2, 0) is 4.74 Å². The molecule has 1 N–H and O–H groups in total. The molecular weight excluding hydrogens is 249 g/mol. The minimum Gasteiger partial charge on any atom is -0.455 e. The quantitative estimate of drug-likeness (QED) is 0.901. The van der Waals surface area contributed by atoms with Crippen molar-refractivity contribution >= 4 is 11.0 Å². The first-order valence-corrected chi connectivity index (χ1v) is 6.31. The van der Waals surface area contributed by atoms with Gasteiger partial charge >= 0.3 is 0 Å². The predicted molar refractivity (Wildman–Crippen MR) is 68.4 cm³/mol. The number of ether oxygens (including phenoxy) is 1. The van der Waals surface area contributed by atoms with Crippen LogP contribution in [0.4, 0.5) is 4.39 Å². The molecule has 1 fully saturated rings. The van der Waals surface area contributed by atoms with Crippen LogP contribution in [0.1, 0.15) is 11.9 Å². The van der Waals surface area contributed by atoms with E-state index in [0.717, 1.165) is 6.54 Å². The van der Waals surface area contributed by atoms with Crippen molar-refractivity contribution in [1.82, 2.24) is 4.90 Å². The molecule has 0 saturated carbocycles. The Balaban J connectivity index is 1.88. The van der Waals surface area contributed by atoms with Gasteiger partial charge in [-0.15, -0.1) is 0 Å². The third kappa shape index (κ3) is 2.36. The maximum Gasteiger partial charge on any atom is 0.170 e. The van der Waals surface area contributed by atoms with E-state index in [1.165, 1.54) is 6.07 Å². The molecule has 2 atom stereocenters. The minimum atomic E-state index is -0.880. The van der Waals surface area contributed by atoms with E-state index in [2.05, 4.69) is 4.90 Å². The lowest BCUT2D eigenvalue weighted by molar-refractivity contribution is -0.0899. The second kappa shape index (κ2) is 4.92. The molecule has 4 nitrogen and oxygen atoms in total. The minimum absolute atomic E-state index is 0.181. The van der Waals surface area contributed by atoms with Crippen molar-refractivity contribution in [2.45, 2.75) is 12.2 Å². The number of aliphatic hydroxyl groups is 1. The van der Waals surface area contributed by atoms with Crippen LogP contribution in [-0.4, -0.2) is 42.9 Å². The second-order valence-corrected chi connectivity index (χ2v) is 4.92. The van der Waals surface area contributed by atoms with Crippen molar-refractivity contribution in [3.05, 3.63) is 35.8 Å². The van der Waals surface area contributed by atoms with Crippen molar-refractivity contribution in [3.63, 3.8) is 0 Å². The first-order chi connectivity index (χ1) is 9.15. The molecule has 1 saturated heterocycles. The van der Waals surface area contributed by atoms with Crippen LogP contribution in [0.5, 0.6) is 0 Å². The van der Waals surface area contributed by atoms with Gasteiger partial charge in [0.05, 0.1) is 6.61 Å². The third-order valence-corrected chi connectivity index (χ3v) is 3.46. The first kappa shape index (κ1) is 12.6. The van der Waals surface area contributed by atoms with Gasteiger partial charge < -0.3 is 19.2 Å². The molecule has 0 spiro atoms. The van der Waals surface area contributed by atoms with E-state index < -0.39 is 11.9 Å². The summed E-state index contributed by atoms with van der Waals surface area (Å²) >= 11 is 0. The third-order valence-electron chi connectivity index (χ3n) is 3.46. The topological polar surface area (TPSA) is 45.8 Å². The first-order valence-electron chi connectivity index (χ1n) is 6.31. The second-order valence-electron chi connectivity index (χ2n) is 4.92. The van der Waals surface area contributed by atoms with Crippen molar-refractivity contribution < 1.29 is 18.7 Å². The number of rotatable bonds is 2. The molecule has 2 heterocycles. The summed E-state index contributed by atoms with van der Waals surface area (Å²) in [4.78, 5) is 2.08. The number of hydrogen-bond acceptors (Lipinski definition) is 4. The van der Waals surface area contributed by atoms with E-state index in [1.807, 2.05) is 7.05 Å². The molecular formula is C14H16FNO3. The Morgan fingerprint density at radius 2 is 2.32 bits per heavy atom. The number of fused-ring (bicyclic) bond motifs is 1. The number of likely N-dealkylation sites (N-methyl/N-ethyl adjacent to an activating group) is 1. The zero-order chi connectivity index (χ0) is 13.4. The van der Waals surface area contributed by atoms with Crippen LogP contribution in [0, 0.1) is 5.82 Å². The summed E-state index contributed by atoms with van der Waals surface area (Å²) in [6.45, 7) is 2.05. The summed E-state index contributed by atoms with van der Waals surface area (Å²) in [5.74, 6) is -0.0713. The van der Waals surface area contributed by atoms with Crippen molar-refractivity contribution in [2.75, 3.05) is 26.7 Å². The van der Waals surface area contributed by atoms with Gasteiger partial charge in [0.15, 0.2) is 11.4 Å². The fourth-order valence-corrected chi connectivity index (χ4v) is 2.38. The number of furan rings is 1. The summed E-state index contributed by atoms with van der Waals surface area (Å²) < 4.78 is 24.5. The number of morpholine rings is 1. The molecule has 2 unspecified atom stereocenters. The van der Waals surface area contributed by atoms with E-state index in [-0.39, 0.29) is 11.7 Å². The van der Waals surface area contributed by atoms with Crippen LogP contribution < -0.4 is 0 Å². The van der Waals surface area contributed by atoms with Crippen molar-refractivity contribution in [3.8, 4) is 0 Å². The Labute approximate surface area is 110 Å². The van der Waals surface area contributed by atoms with Crippen LogP contribution in [0.2, 0.25) is 0 Å². The summed E-state index contributed by atoms with van der Waals surface area (Å²) in [5.41, 5.74) is 0.181. The summed E-state index contributed by atoms with van der Waals surface area (Å²) in [7, 11) is 1.97. The monoisotopic (exact) mass is 265 g/mol. The highest BCUT2D eigenvalue weighted by Gasteiger charge is 2.29. The van der Waals surface area contributed by atoms with Gasteiger partial charge in [-0.25, -0.2) is 4.39 Å². The molecule has 19 heavy (non-hydrogen) atoms.